The predicted molar refractivity (Wildman–Crippen MR) is 83.6 cm³/mol. The zero-order valence-electron chi connectivity index (χ0n) is 12.2. The van der Waals surface area contributed by atoms with Crippen molar-refractivity contribution in [3.63, 3.8) is 0 Å². The predicted octanol–water partition coefficient (Wildman–Crippen LogP) is 1.54. The molecule has 2 aromatic rings. The molecule has 0 fully saturated rings. The number of rotatable bonds is 4. The van der Waals surface area contributed by atoms with E-state index in [2.05, 4.69) is 20.5 Å². The fourth-order valence-electron chi connectivity index (χ4n) is 2.10. The molecule has 0 saturated heterocycles. The van der Waals surface area contributed by atoms with Crippen LogP contribution in [0.3, 0.4) is 0 Å². The fourth-order valence-corrected chi connectivity index (χ4v) is 2.27. The quantitative estimate of drug-likeness (QED) is 0.795. The topological polar surface area (TPSA) is 85.8 Å². The van der Waals surface area contributed by atoms with Crippen molar-refractivity contribution in [2.24, 2.45) is 5.10 Å². The highest BCUT2D eigenvalue weighted by Crippen LogP contribution is 2.33. The molecule has 7 nitrogen and oxygen atoms in total. The number of aryl methyl sites for hydroxylation is 1. The van der Waals surface area contributed by atoms with Crippen LogP contribution in [0.4, 0.5) is 0 Å². The van der Waals surface area contributed by atoms with E-state index in [0.717, 1.165) is 16.8 Å². The number of ether oxygens (including phenoxy) is 1. The van der Waals surface area contributed by atoms with Crippen molar-refractivity contribution >= 4 is 17.4 Å². The van der Waals surface area contributed by atoms with Gasteiger partial charge in [0.15, 0.2) is 5.84 Å². The molecule has 1 atom stereocenters. The number of halogens is 1. The highest BCUT2D eigenvalue weighted by molar-refractivity contribution is 6.31. The van der Waals surface area contributed by atoms with Crippen LogP contribution in [0.15, 0.2) is 29.8 Å². The normalized spacial score (nSPS) is 17.4. The highest BCUT2D eigenvalue weighted by Gasteiger charge is 2.22. The van der Waals surface area contributed by atoms with Crippen LogP contribution in [0.5, 0.6) is 5.75 Å². The molecule has 0 aliphatic carbocycles. The van der Waals surface area contributed by atoms with Gasteiger partial charge in [-0.2, -0.15) is 5.10 Å². The van der Waals surface area contributed by atoms with Crippen LogP contribution in [0.2, 0.25) is 5.02 Å². The number of nitrogens with zero attached hydrogens (tertiary/aromatic N) is 3. The Balaban J connectivity index is 1.85. The maximum atomic E-state index is 9.56. The van der Waals surface area contributed by atoms with Crippen molar-refractivity contribution in [1.29, 1.82) is 0 Å². The first-order valence-corrected chi connectivity index (χ1v) is 7.08. The molecule has 116 valence electrons. The minimum Gasteiger partial charge on any atom is -0.485 e. The average Bonchev–Trinajstić information content (AvgIpc) is 3.12. The molecule has 8 heteroatoms. The molecular formula is C14H16ClN5O2. The number of likely N-dealkylation sites (N-methyl/N-ethyl adjacent to an activating group) is 1. The van der Waals surface area contributed by atoms with Gasteiger partial charge in [0.05, 0.1) is 18.2 Å². The van der Waals surface area contributed by atoms with Crippen molar-refractivity contribution in [1.82, 2.24) is 20.3 Å². The van der Waals surface area contributed by atoms with Gasteiger partial charge >= 0.3 is 0 Å². The van der Waals surface area contributed by atoms with Gasteiger partial charge in [0.2, 0.25) is 6.35 Å². The molecule has 22 heavy (non-hydrogen) atoms. The fraction of sp³-hybridized carbons (Fsp3) is 0.286. The average molecular weight is 322 g/mol. The third-order valence-electron chi connectivity index (χ3n) is 3.49. The summed E-state index contributed by atoms with van der Waals surface area (Å²) in [5, 5.41) is 14.2. The maximum absolute atomic E-state index is 9.56. The first-order valence-electron chi connectivity index (χ1n) is 6.71. The summed E-state index contributed by atoms with van der Waals surface area (Å²) in [6.07, 6.45) is 2.48. The largest absolute Gasteiger partial charge is 0.485 e. The van der Waals surface area contributed by atoms with Gasteiger partial charge in [-0.15, -0.1) is 0 Å². The van der Waals surface area contributed by atoms with Crippen LogP contribution < -0.4 is 10.2 Å². The van der Waals surface area contributed by atoms with E-state index in [4.69, 9.17) is 16.3 Å². The van der Waals surface area contributed by atoms with E-state index in [1.807, 2.05) is 19.1 Å². The van der Waals surface area contributed by atoms with Gasteiger partial charge in [-0.3, -0.25) is 5.43 Å². The van der Waals surface area contributed by atoms with Crippen molar-refractivity contribution in [2.45, 2.75) is 13.3 Å². The number of amidine groups is 1. The number of aromatic amines is 1. The monoisotopic (exact) mass is 321 g/mol. The summed E-state index contributed by atoms with van der Waals surface area (Å²) in [5.41, 5.74) is 5.13. The molecule has 0 saturated carbocycles. The van der Waals surface area contributed by atoms with E-state index in [9.17, 15) is 5.11 Å². The summed E-state index contributed by atoms with van der Waals surface area (Å²) in [6.45, 7) is 2.14. The summed E-state index contributed by atoms with van der Waals surface area (Å²) < 4.78 is 5.87. The first-order chi connectivity index (χ1) is 10.6. The van der Waals surface area contributed by atoms with Gasteiger partial charge in [-0.1, -0.05) is 11.6 Å². The molecule has 1 aliphatic heterocycles. The van der Waals surface area contributed by atoms with Gasteiger partial charge < -0.3 is 19.7 Å². The molecule has 0 bridgehead atoms. The summed E-state index contributed by atoms with van der Waals surface area (Å²) in [4.78, 5) is 8.66. The van der Waals surface area contributed by atoms with Gasteiger partial charge in [0.1, 0.15) is 12.4 Å². The second-order valence-corrected chi connectivity index (χ2v) is 5.40. The van der Waals surface area contributed by atoms with Gasteiger partial charge in [-0.05, 0) is 24.6 Å². The molecule has 1 unspecified atom stereocenters. The molecule has 0 radical (unpaired) electrons. The summed E-state index contributed by atoms with van der Waals surface area (Å²) in [7, 11) is 1.73. The third kappa shape index (κ3) is 2.72. The van der Waals surface area contributed by atoms with Gasteiger partial charge in [0.25, 0.3) is 0 Å². The second kappa shape index (κ2) is 5.86. The van der Waals surface area contributed by atoms with E-state index >= 15 is 0 Å². The van der Waals surface area contributed by atoms with Crippen molar-refractivity contribution in [3.8, 4) is 17.0 Å². The first kappa shape index (κ1) is 14.7. The van der Waals surface area contributed by atoms with Gasteiger partial charge in [0, 0.05) is 17.6 Å². The molecular weight excluding hydrogens is 306 g/mol. The Bertz CT molecular complexity index is 702. The Hall–Kier alpha value is -2.25. The Labute approximate surface area is 132 Å². The summed E-state index contributed by atoms with van der Waals surface area (Å²) >= 11 is 6.21. The molecule has 3 rings (SSSR count). The lowest BCUT2D eigenvalue weighted by Crippen LogP contribution is -2.38. The molecule has 0 spiro atoms. The minimum atomic E-state index is -0.822. The van der Waals surface area contributed by atoms with Gasteiger partial charge in [-0.25, -0.2) is 4.98 Å². The summed E-state index contributed by atoms with van der Waals surface area (Å²) in [5.74, 6) is 1.28. The number of imidazole rings is 1. The number of hydrogen-bond donors (Lipinski definition) is 3. The highest BCUT2D eigenvalue weighted by atomic mass is 35.5. The van der Waals surface area contributed by atoms with Crippen LogP contribution >= 0.6 is 11.6 Å². The Morgan fingerprint density at radius 3 is 2.91 bits per heavy atom. The van der Waals surface area contributed by atoms with E-state index < -0.39 is 6.35 Å². The van der Waals surface area contributed by atoms with Crippen molar-refractivity contribution in [2.75, 3.05) is 13.7 Å². The second-order valence-electron chi connectivity index (χ2n) is 4.99. The zero-order chi connectivity index (χ0) is 15.7. The van der Waals surface area contributed by atoms with E-state index in [1.165, 1.54) is 0 Å². The Kier molecular flexibility index (Phi) is 3.91. The lowest BCUT2D eigenvalue weighted by molar-refractivity contribution is 0.0541. The maximum Gasteiger partial charge on any atom is 0.221 e. The van der Waals surface area contributed by atoms with E-state index in [-0.39, 0.29) is 6.61 Å². The molecule has 0 amide bonds. The number of benzene rings is 1. The molecule has 1 aromatic heterocycles. The number of hydrazone groups is 1. The molecule has 3 N–H and O–H groups in total. The van der Waals surface area contributed by atoms with Crippen molar-refractivity contribution < 1.29 is 9.84 Å². The lowest BCUT2D eigenvalue weighted by atomic mass is 10.1. The van der Waals surface area contributed by atoms with Crippen LogP contribution in [0.1, 0.15) is 5.56 Å². The third-order valence-corrected chi connectivity index (χ3v) is 3.90. The number of aromatic nitrogens is 2. The number of aliphatic hydroxyl groups excluding tert-OH is 1. The number of H-pyrrole nitrogens is 1. The van der Waals surface area contributed by atoms with Crippen LogP contribution in [-0.2, 0) is 0 Å². The number of hydrogen-bond acceptors (Lipinski definition) is 6. The zero-order valence-corrected chi connectivity index (χ0v) is 12.9. The van der Waals surface area contributed by atoms with E-state index in [0.29, 0.717) is 16.6 Å². The van der Waals surface area contributed by atoms with E-state index in [1.54, 1.807) is 24.5 Å². The standard InChI is InChI=1S/C14H16ClN5O2/c1-8-3-12(22-6-13-18-19-14(21)20(13)2)9(4-10(8)15)11-5-16-7-17-11/h3-5,7,14,19,21H,6H2,1-2H3,(H,16,17). The minimum absolute atomic E-state index is 0.225. The lowest BCUT2D eigenvalue weighted by Gasteiger charge is -2.18. The number of aliphatic hydroxyl groups is 1. The molecule has 1 aliphatic rings. The molecule has 1 aromatic carbocycles. The van der Waals surface area contributed by atoms with Crippen molar-refractivity contribution in [3.05, 3.63) is 35.2 Å². The number of nitrogens with one attached hydrogen (secondary N) is 2. The Morgan fingerprint density at radius 2 is 2.27 bits per heavy atom. The SMILES string of the molecule is Cc1cc(OCC2=NNC(O)N2C)c(-c2cnc[nH]2)cc1Cl. The Morgan fingerprint density at radius 1 is 1.45 bits per heavy atom. The van der Waals surface area contributed by atoms with Crippen LogP contribution in [0.25, 0.3) is 11.3 Å². The van der Waals surface area contributed by atoms with Crippen LogP contribution in [-0.4, -0.2) is 45.8 Å². The summed E-state index contributed by atoms with van der Waals surface area (Å²) in [6, 6.07) is 3.71. The molecule has 2 heterocycles. The smallest absolute Gasteiger partial charge is 0.221 e. The van der Waals surface area contributed by atoms with Crippen LogP contribution in [0, 0.1) is 6.92 Å².